The molecule has 1 aromatic rings. The molecule has 0 aliphatic carbocycles. The summed E-state index contributed by atoms with van der Waals surface area (Å²) in [5.41, 5.74) is 9.37. The molecule has 0 spiro atoms. The van der Waals surface area contributed by atoms with E-state index in [1.54, 1.807) is 6.20 Å². The molecule has 0 N–H and O–H groups in total. The maximum absolute atomic E-state index is 8.35. The molecular weight excluding hydrogens is 202 g/mol. The fourth-order valence-electron chi connectivity index (χ4n) is 2.05. The highest BCUT2D eigenvalue weighted by molar-refractivity contribution is 5.46. The van der Waals surface area contributed by atoms with Gasteiger partial charge in [0, 0.05) is 29.8 Å². The van der Waals surface area contributed by atoms with Gasteiger partial charge in [-0.25, -0.2) is 4.98 Å². The van der Waals surface area contributed by atoms with E-state index in [2.05, 4.69) is 19.9 Å². The highest BCUT2D eigenvalue weighted by Crippen LogP contribution is 2.22. The van der Waals surface area contributed by atoms with E-state index in [1.807, 2.05) is 12.1 Å². The second-order valence-electron chi connectivity index (χ2n) is 3.92. The topological polar surface area (TPSA) is 64.9 Å². The molecule has 0 radical (unpaired) electrons. The van der Waals surface area contributed by atoms with Crippen LogP contribution in [0.15, 0.2) is 23.4 Å². The number of pyridine rings is 1. The number of anilines is 1. The number of rotatable bonds is 3. The Hall–Kier alpha value is -1.74. The number of piperidine rings is 1. The Balaban J connectivity index is 2.20. The van der Waals surface area contributed by atoms with Gasteiger partial charge in [0.05, 0.1) is 6.54 Å². The van der Waals surface area contributed by atoms with Crippen molar-refractivity contribution in [3.63, 3.8) is 0 Å². The van der Waals surface area contributed by atoms with Gasteiger partial charge in [0.2, 0.25) is 0 Å². The summed E-state index contributed by atoms with van der Waals surface area (Å²) in [5, 5.41) is 3.61. The van der Waals surface area contributed by atoms with Crippen LogP contribution in [0.25, 0.3) is 10.4 Å². The maximum Gasteiger partial charge on any atom is 0.131 e. The molecule has 5 heteroatoms. The molecule has 0 saturated carbocycles. The van der Waals surface area contributed by atoms with Crippen molar-refractivity contribution in [2.45, 2.75) is 25.8 Å². The van der Waals surface area contributed by atoms with Gasteiger partial charge in [-0.3, -0.25) is 0 Å². The van der Waals surface area contributed by atoms with E-state index in [-0.39, 0.29) is 0 Å². The van der Waals surface area contributed by atoms with Gasteiger partial charge in [0.15, 0.2) is 0 Å². The predicted octanol–water partition coefficient (Wildman–Crippen LogP) is 2.88. The summed E-state index contributed by atoms with van der Waals surface area (Å²) in [6, 6.07) is 3.86. The van der Waals surface area contributed by atoms with Crippen molar-refractivity contribution in [3.05, 3.63) is 34.3 Å². The molecule has 0 amide bonds. The minimum atomic E-state index is 0.385. The van der Waals surface area contributed by atoms with Gasteiger partial charge in [-0.05, 0) is 30.9 Å². The van der Waals surface area contributed by atoms with Crippen LogP contribution in [0.4, 0.5) is 5.82 Å². The summed E-state index contributed by atoms with van der Waals surface area (Å²) in [6.07, 6.45) is 5.54. The molecule has 1 saturated heterocycles. The second kappa shape index (κ2) is 5.37. The Morgan fingerprint density at radius 1 is 1.38 bits per heavy atom. The molecule has 2 rings (SSSR count). The van der Waals surface area contributed by atoms with Crippen molar-refractivity contribution in [2.75, 3.05) is 18.0 Å². The second-order valence-corrected chi connectivity index (χ2v) is 3.92. The number of azide groups is 1. The largest absolute Gasteiger partial charge is 0.356 e. The minimum absolute atomic E-state index is 0.385. The lowest BCUT2D eigenvalue weighted by Crippen LogP contribution is -2.30. The molecule has 0 atom stereocenters. The summed E-state index contributed by atoms with van der Waals surface area (Å²) in [4.78, 5) is 9.48. The van der Waals surface area contributed by atoms with Crippen molar-refractivity contribution in [3.8, 4) is 0 Å². The average Bonchev–Trinajstić information content (AvgIpc) is 2.38. The normalized spacial score (nSPS) is 15.6. The summed E-state index contributed by atoms with van der Waals surface area (Å²) in [5.74, 6) is 0.981. The molecule has 0 unspecified atom stereocenters. The Morgan fingerprint density at radius 3 is 2.94 bits per heavy atom. The first-order chi connectivity index (χ1) is 7.92. The van der Waals surface area contributed by atoms with Crippen LogP contribution in [0, 0.1) is 0 Å². The van der Waals surface area contributed by atoms with Crippen LogP contribution in [0.1, 0.15) is 24.8 Å². The van der Waals surface area contributed by atoms with E-state index >= 15 is 0 Å². The third-order valence-electron chi connectivity index (χ3n) is 2.83. The van der Waals surface area contributed by atoms with E-state index < -0.39 is 0 Å². The van der Waals surface area contributed by atoms with Crippen molar-refractivity contribution < 1.29 is 0 Å². The van der Waals surface area contributed by atoms with Gasteiger partial charge in [-0.1, -0.05) is 11.2 Å². The lowest BCUT2D eigenvalue weighted by molar-refractivity contribution is 0.571. The first-order valence-electron chi connectivity index (χ1n) is 5.61. The molecular formula is C11H15N5. The van der Waals surface area contributed by atoms with Crippen molar-refractivity contribution in [1.82, 2.24) is 4.98 Å². The number of hydrogen-bond acceptors (Lipinski definition) is 3. The Morgan fingerprint density at radius 2 is 2.19 bits per heavy atom. The minimum Gasteiger partial charge on any atom is -0.356 e. The van der Waals surface area contributed by atoms with Crippen LogP contribution < -0.4 is 4.90 Å². The molecule has 0 bridgehead atoms. The zero-order chi connectivity index (χ0) is 11.2. The molecule has 0 aromatic carbocycles. The van der Waals surface area contributed by atoms with E-state index in [0.29, 0.717) is 6.54 Å². The van der Waals surface area contributed by atoms with Crippen LogP contribution in [0.2, 0.25) is 0 Å². The van der Waals surface area contributed by atoms with Gasteiger partial charge in [-0.2, -0.15) is 0 Å². The van der Waals surface area contributed by atoms with Crippen LogP contribution in [0.5, 0.6) is 0 Å². The zero-order valence-corrected chi connectivity index (χ0v) is 9.21. The molecule has 1 fully saturated rings. The number of nitrogens with zero attached hydrogens (tertiary/aromatic N) is 5. The number of hydrogen-bond donors (Lipinski definition) is 0. The standard InChI is InChI=1S/C11H15N5/c12-15-14-9-10-5-4-6-13-11(10)16-7-2-1-3-8-16/h4-6H,1-3,7-9H2. The molecule has 16 heavy (non-hydrogen) atoms. The van der Waals surface area contributed by atoms with Crippen molar-refractivity contribution in [1.29, 1.82) is 0 Å². The molecule has 5 nitrogen and oxygen atoms in total. The third-order valence-corrected chi connectivity index (χ3v) is 2.83. The predicted molar refractivity (Wildman–Crippen MR) is 63.2 cm³/mol. The van der Waals surface area contributed by atoms with Gasteiger partial charge >= 0.3 is 0 Å². The maximum atomic E-state index is 8.35. The fraction of sp³-hybridized carbons (Fsp3) is 0.545. The highest BCUT2D eigenvalue weighted by atomic mass is 15.2. The molecule has 84 valence electrons. The summed E-state index contributed by atoms with van der Waals surface area (Å²) in [6.45, 7) is 2.50. The Labute approximate surface area is 94.7 Å². The quantitative estimate of drug-likeness (QED) is 0.444. The van der Waals surface area contributed by atoms with E-state index in [9.17, 15) is 0 Å². The molecule has 1 aliphatic rings. The van der Waals surface area contributed by atoms with Crippen LogP contribution >= 0.6 is 0 Å². The first-order valence-corrected chi connectivity index (χ1v) is 5.61. The Kier molecular flexibility index (Phi) is 3.62. The third kappa shape index (κ3) is 2.44. The van der Waals surface area contributed by atoms with Crippen LogP contribution in [-0.4, -0.2) is 18.1 Å². The van der Waals surface area contributed by atoms with E-state index in [4.69, 9.17) is 5.53 Å². The monoisotopic (exact) mass is 217 g/mol. The van der Waals surface area contributed by atoms with E-state index in [0.717, 1.165) is 24.5 Å². The first kappa shape index (κ1) is 10.8. The molecule has 1 aromatic heterocycles. The smallest absolute Gasteiger partial charge is 0.131 e. The van der Waals surface area contributed by atoms with Crippen LogP contribution in [0.3, 0.4) is 0 Å². The zero-order valence-electron chi connectivity index (χ0n) is 9.21. The summed E-state index contributed by atoms with van der Waals surface area (Å²) in [7, 11) is 0. The lowest BCUT2D eigenvalue weighted by atomic mass is 10.1. The fourth-order valence-corrected chi connectivity index (χ4v) is 2.05. The average molecular weight is 217 g/mol. The van der Waals surface area contributed by atoms with Crippen molar-refractivity contribution >= 4 is 5.82 Å². The van der Waals surface area contributed by atoms with E-state index in [1.165, 1.54) is 19.3 Å². The highest BCUT2D eigenvalue weighted by Gasteiger charge is 2.14. The van der Waals surface area contributed by atoms with Gasteiger partial charge in [-0.15, -0.1) is 0 Å². The van der Waals surface area contributed by atoms with Gasteiger partial charge < -0.3 is 4.90 Å². The summed E-state index contributed by atoms with van der Waals surface area (Å²) >= 11 is 0. The number of aromatic nitrogens is 1. The van der Waals surface area contributed by atoms with Crippen molar-refractivity contribution in [2.24, 2.45) is 5.11 Å². The van der Waals surface area contributed by atoms with Gasteiger partial charge in [0.25, 0.3) is 0 Å². The molecule has 1 aliphatic heterocycles. The molecule has 2 heterocycles. The summed E-state index contributed by atoms with van der Waals surface area (Å²) < 4.78 is 0. The lowest BCUT2D eigenvalue weighted by Gasteiger charge is -2.29. The Bertz CT molecular complexity index is 391. The van der Waals surface area contributed by atoms with Crippen LogP contribution in [-0.2, 0) is 6.54 Å². The van der Waals surface area contributed by atoms with Gasteiger partial charge in [0.1, 0.15) is 5.82 Å². The SMILES string of the molecule is [N-]=[N+]=NCc1cccnc1N1CCCCC1.